The number of anilines is 1. The van der Waals surface area contributed by atoms with Gasteiger partial charge in [-0.25, -0.2) is 5.43 Å². The van der Waals surface area contributed by atoms with Crippen LogP contribution >= 0.6 is 11.6 Å². The molecule has 28 heavy (non-hydrogen) atoms. The summed E-state index contributed by atoms with van der Waals surface area (Å²) in [6.45, 7) is 4.67. The Morgan fingerprint density at radius 2 is 1.89 bits per heavy atom. The van der Waals surface area contributed by atoms with E-state index in [0.29, 0.717) is 17.3 Å². The molecule has 0 aliphatic rings. The summed E-state index contributed by atoms with van der Waals surface area (Å²) in [5.41, 5.74) is 4.59. The van der Waals surface area contributed by atoms with E-state index < -0.39 is 11.8 Å². The Kier molecular flexibility index (Phi) is 8.49. The van der Waals surface area contributed by atoms with Crippen molar-refractivity contribution in [3.8, 4) is 5.75 Å². The summed E-state index contributed by atoms with van der Waals surface area (Å²) >= 11 is 6.01. The molecule has 0 spiro atoms. The zero-order valence-electron chi connectivity index (χ0n) is 16.0. The lowest BCUT2D eigenvalue weighted by molar-refractivity contribution is -0.126. The molecule has 0 unspecified atom stereocenters. The van der Waals surface area contributed by atoms with Crippen molar-refractivity contribution in [3.05, 3.63) is 58.6 Å². The van der Waals surface area contributed by atoms with Crippen LogP contribution in [0.25, 0.3) is 0 Å². The maximum atomic E-state index is 11.9. The first-order valence-corrected chi connectivity index (χ1v) is 9.46. The number of nitrogens with one attached hydrogen (secondary N) is 2. The van der Waals surface area contributed by atoms with Gasteiger partial charge < -0.3 is 10.1 Å². The van der Waals surface area contributed by atoms with E-state index in [1.807, 2.05) is 31.2 Å². The van der Waals surface area contributed by atoms with Crippen molar-refractivity contribution in [2.45, 2.75) is 33.1 Å². The van der Waals surface area contributed by atoms with Crippen LogP contribution in [-0.2, 0) is 9.59 Å². The van der Waals surface area contributed by atoms with Gasteiger partial charge in [0, 0.05) is 10.7 Å². The molecule has 0 aliphatic heterocycles. The molecule has 0 saturated carbocycles. The Labute approximate surface area is 169 Å². The summed E-state index contributed by atoms with van der Waals surface area (Å²) in [7, 11) is 0. The van der Waals surface area contributed by atoms with Crippen molar-refractivity contribution in [1.29, 1.82) is 0 Å². The normalized spacial score (nSPS) is 10.7. The van der Waals surface area contributed by atoms with Gasteiger partial charge in [0.2, 0.25) is 11.8 Å². The summed E-state index contributed by atoms with van der Waals surface area (Å²) in [6.07, 6.45) is 3.26. The number of hydrogen-bond donors (Lipinski definition) is 2. The summed E-state index contributed by atoms with van der Waals surface area (Å²) in [4.78, 5) is 23.7. The molecule has 0 atom stereocenters. The maximum absolute atomic E-state index is 11.9. The molecule has 0 heterocycles. The number of halogens is 1. The van der Waals surface area contributed by atoms with Crippen LogP contribution in [0.15, 0.2) is 47.6 Å². The van der Waals surface area contributed by atoms with E-state index in [1.165, 1.54) is 6.21 Å². The van der Waals surface area contributed by atoms with Gasteiger partial charge in [0.15, 0.2) is 0 Å². The molecular formula is C21H24ClN3O3. The molecule has 0 radical (unpaired) electrons. The van der Waals surface area contributed by atoms with Gasteiger partial charge in [-0.2, -0.15) is 5.10 Å². The van der Waals surface area contributed by atoms with Crippen LogP contribution in [0.3, 0.4) is 0 Å². The fourth-order valence-corrected chi connectivity index (χ4v) is 2.40. The molecule has 7 heteroatoms. The van der Waals surface area contributed by atoms with Crippen molar-refractivity contribution < 1.29 is 14.3 Å². The number of amides is 2. The third-order valence-electron chi connectivity index (χ3n) is 3.83. The topological polar surface area (TPSA) is 79.8 Å². The minimum absolute atomic E-state index is 0.340. The van der Waals surface area contributed by atoms with Crippen LogP contribution in [-0.4, -0.2) is 24.6 Å². The van der Waals surface area contributed by atoms with Crippen molar-refractivity contribution >= 4 is 35.3 Å². The number of hydrazone groups is 1. The average molecular weight is 402 g/mol. The Hall–Kier alpha value is -2.86. The highest BCUT2D eigenvalue weighted by atomic mass is 35.5. The van der Waals surface area contributed by atoms with Gasteiger partial charge >= 0.3 is 0 Å². The number of carbonyl (C=O) groups excluding carboxylic acids is 2. The number of benzene rings is 2. The Balaban J connectivity index is 1.76. The molecule has 0 saturated heterocycles. The van der Waals surface area contributed by atoms with Crippen LogP contribution in [0, 0.1) is 6.92 Å². The van der Waals surface area contributed by atoms with Crippen molar-refractivity contribution in [2.24, 2.45) is 5.10 Å². The fraction of sp³-hybridized carbons (Fsp3) is 0.286. The van der Waals surface area contributed by atoms with Crippen LogP contribution in [0.2, 0.25) is 5.02 Å². The lowest BCUT2D eigenvalue weighted by Gasteiger charge is -2.06. The van der Waals surface area contributed by atoms with E-state index in [-0.39, 0.29) is 6.42 Å². The molecule has 2 aromatic carbocycles. The predicted octanol–water partition coefficient (Wildman–Crippen LogP) is 4.31. The summed E-state index contributed by atoms with van der Waals surface area (Å²) in [6, 6.07) is 12.5. The third-order valence-corrected chi connectivity index (χ3v) is 4.23. The second-order valence-corrected chi connectivity index (χ2v) is 6.66. The summed E-state index contributed by atoms with van der Waals surface area (Å²) in [5.74, 6) is -0.157. The number of unbranched alkanes of at least 4 members (excludes halogenated alkanes) is 1. The standard InChI is InChI=1S/C21H24ClN3O3/c1-3-4-11-28-18-9-6-16(7-10-18)14-23-25-21(27)13-20(26)24-17-8-5-15(2)19(22)12-17/h5-10,12,14H,3-4,11,13H2,1-2H3,(H,24,26)(H,25,27). The van der Waals surface area contributed by atoms with E-state index in [2.05, 4.69) is 22.8 Å². The SMILES string of the molecule is CCCCOc1ccc(C=NNC(=O)CC(=O)Nc2ccc(C)c(Cl)c2)cc1. The zero-order valence-corrected chi connectivity index (χ0v) is 16.8. The highest BCUT2D eigenvalue weighted by Gasteiger charge is 2.09. The molecule has 148 valence electrons. The molecule has 6 nitrogen and oxygen atoms in total. The van der Waals surface area contributed by atoms with Gasteiger partial charge in [0.1, 0.15) is 12.2 Å². The van der Waals surface area contributed by atoms with Gasteiger partial charge in [0.25, 0.3) is 0 Å². The van der Waals surface area contributed by atoms with Crippen molar-refractivity contribution in [3.63, 3.8) is 0 Å². The zero-order chi connectivity index (χ0) is 20.4. The first-order valence-electron chi connectivity index (χ1n) is 9.08. The second kappa shape index (κ2) is 11.1. The molecule has 0 aliphatic carbocycles. The molecule has 2 aromatic rings. The monoisotopic (exact) mass is 401 g/mol. The Bertz CT molecular complexity index is 835. The minimum Gasteiger partial charge on any atom is -0.494 e. The third kappa shape index (κ3) is 7.40. The smallest absolute Gasteiger partial charge is 0.249 e. The van der Waals surface area contributed by atoms with Gasteiger partial charge in [-0.3, -0.25) is 9.59 Å². The molecular weight excluding hydrogens is 378 g/mol. The van der Waals surface area contributed by atoms with E-state index in [0.717, 1.165) is 29.7 Å². The second-order valence-electron chi connectivity index (χ2n) is 6.25. The van der Waals surface area contributed by atoms with Gasteiger partial charge in [0.05, 0.1) is 12.8 Å². The number of rotatable bonds is 9. The number of hydrogen-bond acceptors (Lipinski definition) is 4. The van der Waals surface area contributed by atoms with Crippen LogP contribution in [0.1, 0.15) is 37.3 Å². The largest absolute Gasteiger partial charge is 0.494 e. The van der Waals surface area contributed by atoms with Crippen LogP contribution in [0.5, 0.6) is 5.75 Å². The summed E-state index contributed by atoms with van der Waals surface area (Å²) in [5, 5.41) is 7.04. The molecule has 2 N–H and O–H groups in total. The average Bonchev–Trinajstić information content (AvgIpc) is 2.66. The quantitative estimate of drug-likeness (QED) is 0.284. The van der Waals surface area contributed by atoms with E-state index in [1.54, 1.807) is 18.2 Å². The van der Waals surface area contributed by atoms with Gasteiger partial charge in [-0.1, -0.05) is 31.0 Å². The fourth-order valence-electron chi connectivity index (χ4n) is 2.22. The molecule has 0 fully saturated rings. The Morgan fingerprint density at radius 1 is 1.14 bits per heavy atom. The highest BCUT2D eigenvalue weighted by molar-refractivity contribution is 6.31. The van der Waals surface area contributed by atoms with Crippen LogP contribution < -0.4 is 15.5 Å². The number of ether oxygens (including phenoxy) is 1. The first kappa shape index (κ1) is 21.4. The molecule has 2 rings (SSSR count). The molecule has 0 aromatic heterocycles. The minimum atomic E-state index is -0.508. The van der Waals surface area contributed by atoms with Gasteiger partial charge in [-0.15, -0.1) is 0 Å². The molecule has 0 bridgehead atoms. The van der Waals surface area contributed by atoms with Crippen molar-refractivity contribution in [2.75, 3.05) is 11.9 Å². The van der Waals surface area contributed by atoms with E-state index >= 15 is 0 Å². The number of nitrogens with zero attached hydrogens (tertiary/aromatic N) is 1. The van der Waals surface area contributed by atoms with E-state index in [9.17, 15) is 9.59 Å². The number of aryl methyl sites for hydroxylation is 1. The summed E-state index contributed by atoms with van der Waals surface area (Å²) < 4.78 is 5.58. The Morgan fingerprint density at radius 3 is 2.57 bits per heavy atom. The maximum Gasteiger partial charge on any atom is 0.249 e. The van der Waals surface area contributed by atoms with E-state index in [4.69, 9.17) is 16.3 Å². The lowest BCUT2D eigenvalue weighted by atomic mass is 10.2. The molecule has 2 amide bonds. The number of carbonyl (C=O) groups is 2. The van der Waals surface area contributed by atoms with Gasteiger partial charge in [-0.05, 0) is 60.9 Å². The first-order chi connectivity index (χ1) is 13.5. The lowest BCUT2D eigenvalue weighted by Crippen LogP contribution is -2.24. The predicted molar refractivity (Wildman–Crippen MR) is 112 cm³/mol. The highest BCUT2D eigenvalue weighted by Crippen LogP contribution is 2.20. The van der Waals surface area contributed by atoms with Crippen LogP contribution in [0.4, 0.5) is 5.69 Å². The van der Waals surface area contributed by atoms with Crippen molar-refractivity contribution in [1.82, 2.24) is 5.43 Å².